The van der Waals surface area contributed by atoms with Crippen LogP contribution in [0.4, 0.5) is 0 Å². The number of benzene rings is 6. The Hall–Kier alpha value is -9.68. The molecule has 1 atom stereocenters. The molecule has 3 amide bonds. The fraction of sp³-hybridized carbons (Fsp3) is 0.0896. The Morgan fingerprint density at radius 1 is 0.548 bits per heavy atom. The number of carbonyl (C=O) groups is 3. The van der Waals surface area contributed by atoms with Gasteiger partial charge in [-0.05, 0) is 151 Å². The van der Waals surface area contributed by atoms with Crippen LogP contribution < -0.4 is 16.0 Å². The SMILES string of the molecule is CNC(=O)c1ccccc1Sc1ccc2c(C(Cc3ccccn3)n3nc(/C=C\c4ccccn4)c4ccc(Sc5ccccc5C(=O)NC)cc43)[nH]nc2c1.CNC(=O)c1ccccc1Sc1ccc2c(c1)CN=C2/C=C\c1ccccn1. The number of nitrogens with one attached hydrogen (secondary N) is 4. The number of aromatic nitrogens is 7. The third-order valence-electron chi connectivity index (χ3n) is 13.8. The van der Waals surface area contributed by atoms with Crippen LogP contribution in [0.2, 0.25) is 0 Å². The second-order valence-electron chi connectivity index (χ2n) is 19.1. The molecule has 0 radical (unpaired) electrons. The lowest BCUT2D eigenvalue weighted by Crippen LogP contribution is -2.18. The molecule has 1 unspecified atom stereocenters. The molecule has 0 fully saturated rings. The maximum absolute atomic E-state index is 12.8. The van der Waals surface area contributed by atoms with E-state index < -0.39 is 0 Å². The Bertz CT molecular complexity index is 4280. The van der Waals surface area contributed by atoms with Crippen molar-refractivity contribution in [1.29, 1.82) is 0 Å². The zero-order valence-electron chi connectivity index (χ0n) is 45.9. The van der Waals surface area contributed by atoms with E-state index in [0.29, 0.717) is 29.7 Å². The number of H-pyrrole nitrogens is 1. The highest BCUT2D eigenvalue weighted by Crippen LogP contribution is 2.39. The molecule has 14 nitrogen and oxygen atoms in total. The van der Waals surface area contributed by atoms with Gasteiger partial charge in [0.1, 0.15) is 6.04 Å². The molecule has 0 bridgehead atoms. The minimum atomic E-state index is -0.333. The Balaban J connectivity index is 0.000000220. The molecule has 414 valence electrons. The molecule has 6 heterocycles. The van der Waals surface area contributed by atoms with Crippen molar-refractivity contribution < 1.29 is 14.4 Å². The third kappa shape index (κ3) is 13.0. The average Bonchev–Trinajstić information content (AvgIpc) is 3.62. The number of fused-ring (bicyclic) bond motifs is 3. The van der Waals surface area contributed by atoms with E-state index in [9.17, 15) is 14.4 Å². The van der Waals surface area contributed by atoms with E-state index in [1.54, 1.807) is 51.5 Å². The Morgan fingerprint density at radius 3 is 1.62 bits per heavy atom. The van der Waals surface area contributed by atoms with Crippen molar-refractivity contribution in [3.05, 3.63) is 263 Å². The van der Waals surface area contributed by atoms with Gasteiger partial charge in [-0.1, -0.05) is 95.9 Å². The summed E-state index contributed by atoms with van der Waals surface area (Å²) in [5, 5.41) is 23.6. The van der Waals surface area contributed by atoms with Gasteiger partial charge in [0.15, 0.2) is 0 Å². The van der Waals surface area contributed by atoms with Crippen LogP contribution in [0.15, 0.2) is 241 Å². The predicted molar refractivity (Wildman–Crippen MR) is 337 cm³/mol. The normalized spacial score (nSPS) is 12.2. The van der Waals surface area contributed by atoms with Gasteiger partial charge in [-0.3, -0.25) is 44.1 Å². The summed E-state index contributed by atoms with van der Waals surface area (Å²) in [5.74, 6) is -0.346. The van der Waals surface area contributed by atoms with Crippen LogP contribution >= 0.6 is 35.3 Å². The summed E-state index contributed by atoms with van der Waals surface area (Å²) < 4.78 is 2.06. The standard InChI is InChI=1S/C44H36N8O2S2.C23H19N3OS/c1-45-43(53)34-13-3-5-15-40(34)55-30-19-21-33-37(26-30)49-50-42(33)39(25-29-12-8-10-24-48-29)52-38-27-31(56-41-16-6-4-14-35(41)44(54)46-2)18-20-32(38)36(51-52)22-17-28-11-7-9-23-47-28;1-24-23(27)20-7-2-3-8-22(20)28-18-10-11-19-16(14-18)15-26-21(19)12-9-17-6-4-5-13-25-17/h3-24,26-27,39H,25H2,1-2H3,(H,45,53)(H,46,54)(H,49,50);2-14H,15H2,1H3,(H,24,27)/b22-17-;12-9-. The number of hydrogen-bond acceptors (Lipinski definition) is 12. The highest BCUT2D eigenvalue weighted by molar-refractivity contribution is 8.00. The molecule has 1 aliphatic heterocycles. The number of aliphatic imine (C=N–C) groups is 1. The second kappa shape index (κ2) is 26.5. The molecule has 4 N–H and O–H groups in total. The maximum Gasteiger partial charge on any atom is 0.252 e. The number of allylic oxidation sites excluding steroid dienone is 1. The van der Waals surface area contributed by atoms with Crippen molar-refractivity contribution in [2.45, 2.75) is 48.4 Å². The van der Waals surface area contributed by atoms with Gasteiger partial charge in [0, 0.05) is 97.6 Å². The third-order valence-corrected chi connectivity index (χ3v) is 16.9. The summed E-state index contributed by atoms with van der Waals surface area (Å²) in [6, 6.07) is 58.9. The quantitative estimate of drug-likeness (QED) is 0.0680. The zero-order valence-corrected chi connectivity index (χ0v) is 48.4. The van der Waals surface area contributed by atoms with Gasteiger partial charge < -0.3 is 16.0 Å². The van der Waals surface area contributed by atoms with E-state index in [0.717, 1.165) is 90.9 Å². The van der Waals surface area contributed by atoms with Crippen LogP contribution in [0.1, 0.15) is 76.7 Å². The average molecular weight is 1160 g/mol. The molecular formula is C67H55N11O3S3. The molecular weight excluding hydrogens is 1100 g/mol. The van der Waals surface area contributed by atoms with Gasteiger partial charge in [-0.25, -0.2) is 0 Å². The van der Waals surface area contributed by atoms with E-state index in [1.165, 1.54) is 29.1 Å². The second-order valence-corrected chi connectivity index (χ2v) is 22.4. The topological polar surface area (TPSA) is 185 Å². The lowest BCUT2D eigenvalue weighted by atomic mass is 10.0. The molecule has 12 rings (SSSR count). The fourth-order valence-electron chi connectivity index (χ4n) is 9.63. The summed E-state index contributed by atoms with van der Waals surface area (Å²) in [4.78, 5) is 61.3. The van der Waals surface area contributed by atoms with Crippen molar-refractivity contribution in [3.8, 4) is 0 Å². The number of pyridine rings is 3. The first-order chi connectivity index (χ1) is 41.2. The summed E-state index contributed by atoms with van der Waals surface area (Å²) >= 11 is 4.65. The lowest BCUT2D eigenvalue weighted by molar-refractivity contribution is 0.0952. The summed E-state index contributed by atoms with van der Waals surface area (Å²) in [6.45, 7) is 0.669. The molecule has 6 aromatic carbocycles. The first-order valence-corrected chi connectivity index (χ1v) is 29.4. The number of hydrogen-bond donors (Lipinski definition) is 4. The van der Waals surface area contributed by atoms with Gasteiger partial charge in [-0.2, -0.15) is 10.2 Å². The summed E-state index contributed by atoms with van der Waals surface area (Å²) in [5.41, 5.74) is 11.3. The first-order valence-electron chi connectivity index (χ1n) is 27.0. The minimum absolute atomic E-state index is 0.0745. The van der Waals surface area contributed by atoms with Crippen molar-refractivity contribution >= 4 is 98.8 Å². The largest absolute Gasteiger partial charge is 0.355 e. The Kier molecular flexibility index (Phi) is 17.7. The highest BCUT2D eigenvalue weighted by Gasteiger charge is 2.26. The molecule has 0 spiro atoms. The van der Waals surface area contributed by atoms with Gasteiger partial charge in [-0.15, -0.1) is 0 Å². The summed E-state index contributed by atoms with van der Waals surface area (Å²) in [6.07, 6.45) is 13.9. The molecule has 17 heteroatoms. The molecule has 5 aromatic heterocycles. The van der Waals surface area contributed by atoms with Gasteiger partial charge in [0.05, 0.1) is 62.8 Å². The Morgan fingerprint density at radius 2 is 1.06 bits per heavy atom. The number of aromatic amines is 1. The number of rotatable bonds is 17. The van der Waals surface area contributed by atoms with Gasteiger partial charge in [0.25, 0.3) is 17.7 Å². The minimum Gasteiger partial charge on any atom is -0.355 e. The zero-order chi connectivity index (χ0) is 57.8. The van der Waals surface area contributed by atoms with Crippen LogP contribution in [0.3, 0.4) is 0 Å². The molecule has 84 heavy (non-hydrogen) atoms. The molecule has 11 aromatic rings. The van der Waals surface area contributed by atoms with E-state index in [4.69, 9.17) is 15.2 Å². The van der Waals surface area contributed by atoms with Crippen LogP contribution in [0, 0.1) is 0 Å². The Labute approximate surface area is 498 Å². The van der Waals surface area contributed by atoms with Crippen molar-refractivity contribution in [1.82, 2.24) is 50.9 Å². The van der Waals surface area contributed by atoms with Crippen LogP contribution in [-0.2, 0) is 13.0 Å². The van der Waals surface area contributed by atoms with E-state index in [2.05, 4.69) is 89.2 Å². The van der Waals surface area contributed by atoms with E-state index in [1.807, 2.05) is 158 Å². The van der Waals surface area contributed by atoms with E-state index in [-0.39, 0.29) is 23.8 Å². The maximum atomic E-state index is 12.8. The monoisotopic (exact) mass is 1160 g/mol. The summed E-state index contributed by atoms with van der Waals surface area (Å²) in [7, 11) is 4.93. The fourth-order valence-corrected chi connectivity index (χ4v) is 12.6. The van der Waals surface area contributed by atoms with E-state index >= 15 is 0 Å². The van der Waals surface area contributed by atoms with Crippen LogP contribution in [0.5, 0.6) is 0 Å². The number of amides is 3. The number of nitrogens with zero attached hydrogens (tertiary/aromatic N) is 7. The van der Waals surface area contributed by atoms with Gasteiger partial charge in [0.2, 0.25) is 0 Å². The molecule has 0 aliphatic carbocycles. The highest BCUT2D eigenvalue weighted by atomic mass is 32.2. The smallest absolute Gasteiger partial charge is 0.252 e. The van der Waals surface area contributed by atoms with Crippen LogP contribution in [0.25, 0.3) is 40.0 Å². The van der Waals surface area contributed by atoms with Crippen molar-refractivity contribution in [3.63, 3.8) is 0 Å². The van der Waals surface area contributed by atoms with Crippen molar-refractivity contribution in [2.75, 3.05) is 21.1 Å². The van der Waals surface area contributed by atoms with Gasteiger partial charge >= 0.3 is 0 Å². The first kappa shape index (κ1) is 56.2. The molecule has 0 saturated carbocycles. The molecule has 1 aliphatic rings. The lowest BCUT2D eigenvalue weighted by Gasteiger charge is -2.18. The predicted octanol–water partition coefficient (Wildman–Crippen LogP) is 13.3. The molecule has 0 saturated heterocycles. The van der Waals surface area contributed by atoms with Crippen molar-refractivity contribution in [2.24, 2.45) is 4.99 Å². The van der Waals surface area contributed by atoms with Crippen LogP contribution in [-0.4, -0.2) is 79.5 Å². The number of carbonyl (C=O) groups excluding carboxylic acids is 3.